The van der Waals surface area contributed by atoms with E-state index in [0.717, 1.165) is 11.6 Å². The molecule has 0 radical (unpaired) electrons. The summed E-state index contributed by atoms with van der Waals surface area (Å²) in [6, 6.07) is 26.4. The molecule has 3 aliphatic heterocycles. The summed E-state index contributed by atoms with van der Waals surface area (Å²) in [5, 5.41) is 2.25. The highest BCUT2D eigenvalue weighted by Gasteiger charge is 2.52. The monoisotopic (exact) mass is 869 g/mol. The number of likely N-dealkylation sites (N-methyl/N-ethyl adjacent to an activating group) is 1. The highest BCUT2D eigenvalue weighted by molar-refractivity contribution is 6.99. The summed E-state index contributed by atoms with van der Waals surface area (Å²) in [5.41, 5.74) is 0.0932. The van der Waals surface area contributed by atoms with Crippen LogP contribution >= 0.6 is 0 Å². The van der Waals surface area contributed by atoms with Crippen LogP contribution in [-0.4, -0.2) is 111 Å². The van der Waals surface area contributed by atoms with Gasteiger partial charge in [-0.2, -0.15) is 23.1 Å². The van der Waals surface area contributed by atoms with E-state index in [1.807, 2.05) is 32.9 Å². The average Bonchev–Trinajstić information content (AvgIpc) is 3.58. The number of carbonyl (C=O) groups excluding carboxylic acids is 1. The van der Waals surface area contributed by atoms with E-state index in [1.54, 1.807) is 15.9 Å². The van der Waals surface area contributed by atoms with Crippen molar-refractivity contribution in [3.05, 3.63) is 113 Å². The third-order valence-corrected chi connectivity index (χ3v) is 17.2. The fourth-order valence-electron chi connectivity index (χ4n) is 9.20. The molecule has 0 aliphatic carbocycles. The van der Waals surface area contributed by atoms with Crippen molar-refractivity contribution in [1.29, 1.82) is 0 Å². The van der Waals surface area contributed by atoms with Crippen molar-refractivity contribution >= 4 is 36.3 Å². The Balaban J connectivity index is 1.17. The first kappa shape index (κ1) is 44.9. The first-order chi connectivity index (χ1) is 29.4. The predicted octanol–water partition coefficient (Wildman–Crippen LogP) is 7.43. The Morgan fingerprint density at radius 1 is 0.839 bits per heavy atom. The molecular weight excluding hydrogens is 812 g/mol. The maximum atomic E-state index is 14.2. The molecule has 2 fully saturated rings. The number of piperazine rings is 1. The predicted molar refractivity (Wildman–Crippen MR) is 238 cm³/mol. The van der Waals surface area contributed by atoms with Gasteiger partial charge >= 0.3 is 18.3 Å². The van der Waals surface area contributed by atoms with Crippen molar-refractivity contribution < 1.29 is 31.9 Å². The normalized spacial score (nSPS) is 20.1. The standard InChI is InChI=1S/C47H58F3N7O4Si/c1-45(2,3)60-44(58)57-26-25-56(29-34(57)28-51-7)42-38-23-24-55(41-22-16-15-21-39(41)47(48,49)50)31-40(38)52-43(53-42)59-32-33-27-35(30-54(33)8)61-62(46(4,5)6,36-17-11-9-12-18-36)37-19-13-10-14-20-37/h9-22,33-35H,23-32H2,1-6,8H3/t33-,34?,35+/m0/s1. The van der Waals surface area contributed by atoms with Gasteiger partial charge in [0.2, 0.25) is 6.54 Å². The van der Waals surface area contributed by atoms with E-state index in [-0.39, 0.29) is 48.6 Å². The number of anilines is 2. The van der Waals surface area contributed by atoms with Gasteiger partial charge in [-0.05, 0) is 68.2 Å². The van der Waals surface area contributed by atoms with E-state index in [9.17, 15) is 18.0 Å². The lowest BCUT2D eigenvalue weighted by Crippen LogP contribution is -2.67. The van der Waals surface area contributed by atoms with Gasteiger partial charge in [0.15, 0.2) is 0 Å². The number of aromatic nitrogens is 2. The van der Waals surface area contributed by atoms with Gasteiger partial charge in [0.1, 0.15) is 24.1 Å². The summed E-state index contributed by atoms with van der Waals surface area (Å²) in [6.07, 6.45) is -3.98. The summed E-state index contributed by atoms with van der Waals surface area (Å²) in [4.78, 5) is 34.5. The van der Waals surface area contributed by atoms with E-state index >= 15 is 0 Å². The van der Waals surface area contributed by atoms with Crippen LogP contribution in [0.25, 0.3) is 4.85 Å². The van der Waals surface area contributed by atoms with Crippen LogP contribution in [0.2, 0.25) is 5.04 Å². The summed E-state index contributed by atoms with van der Waals surface area (Å²) in [7, 11) is -0.745. The zero-order chi connectivity index (χ0) is 44.5. The summed E-state index contributed by atoms with van der Waals surface area (Å²) in [6.45, 7) is 22.4. The summed E-state index contributed by atoms with van der Waals surface area (Å²) in [5.74, 6) is 0.611. The smallest absolute Gasteiger partial charge is 0.418 e. The van der Waals surface area contributed by atoms with Crippen molar-refractivity contribution in [2.75, 3.05) is 62.7 Å². The van der Waals surface area contributed by atoms with Crippen LogP contribution in [0.5, 0.6) is 6.01 Å². The van der Waals surface area contributed by atoms with Crippen LogP contribution in [0.1, 0.15) is 64.8 Å². The van der Waals surface area contributed by atoms with Gasteiger partial charge < -0.3 is 28.5 Å². The molecular formula is C47H58F3N7O4Si. The molecule has 1 aromatic heterocycles. The van der Waals surface area contributed by atoms with Crippen LogP contribution in [0.15, 0.2) is 84.9 Å². The number of fused-ring (bicyclic) bond motifs is 1. The van der Waals surface area contributed by atoms with Gasteiger partial charge in [0.05, 0.1) is 23.9 Å². The number of hydrogen-bond donors (Lipinski definition) is 0. The first-order valence-electron chi connectivity index (χ1n) is 21.4. The number of hydrogen-bond acceptors (Lipinski definition) is 9. The van der Waals surface area contributed by atoms with Gasteiger partial charge in [-0.1, -0.05) is 93.6 Å². The number of likely N-dealkylation sites (tertiary alicyclic amines) is 1. The molecule has 0 N–H and O–H groups in total. The largest absolute Gasteiger partial charge is 0.462 e. The Kier molecular flexibility index (Phi) is 13.0. The minimum atomic E-state index is -4.53. The van der Waals surface area contributed by atoms with E-state index in [4.69, 9.17) is 30.4 Å². The summed E-state index contributed by atoms with van der Waals surface area (Å²) < 4.78 is 62.4. The summed E-state index contributed by atoms with van der Waals surface area (Å²) >= 11 is 0. The number of nitrogens with zero attached hydrogens (tertiary/aromatic N) is 7. The maximum absolute atomic E-state index is 14.2. The molecule has 3 atom stereocenters. The highest BCUT2D eigenvalue weighted by Crippen LogP contribution is 2.41. The molecule has 2 saturated heterocycles. The molecule has 4 heterocycles. The van der Waals surface area contributed by atoms with Crippen molar-refractivity contribution in [3.63, 3.8) is 0 Å². The molecule has 11 nitrogen and oxygen atoms in total. The molecule has 0 saturated carbocycles. The Morgan fingerprint density at radius 2 is 1.48 bits per heavy atom. The Hall–Kier alpha value is -5.17. The molecule has 1 amide bonds. The molecule has 3 aliphatic rings. The second kappa shape index (κ2) is 17.9. The second-order valence-electron chi connectivity index (χ2n) is 18.6. The second-order valence-corrected chi connectivity index (χ2v) is 22.9. The fourth-order valence-corrected chi connectivity index (χ4v) is 13.9. The van der Waals surface area contributed by atoms with Gasteiger partial charge in [0.25, 0.3) is 8.32 Å². The van der Waals surface area contributed by atoms with Crippen LogP contribution < -0.4 is 24.9 Å². The van der Waals surface area contributed by atoms with Crippen molar-refractivity contribution in [2.45, 2.75) is 95.9 Å². The lowest BCUT2D eigenvalue weighted by atomic mass is 10.0. The maximum Gasteiger partial charge on any atom is 0.418 e. The zero-order valence-corrected chi connectivity index (χ0v) is 37.8. The van der Waals surface area contributed by atoms with E-state index < -0.39 is 37.8 Å². The zero-order valence-electron chi connectivity index (χ0n) is 36.8. The minimum Gasteiger partial charge on any atom is -0.462 e. The van der Waals surface area contributed by atoms with Crippen molar-refractivity contribution in [3.8, 4) is 6.01 Å². The lowest BCUT2D eigenvalue weighted by Gasteiger charge is -2.44. The molecule has 330 valence electrons. The van der Waals surface area contributed by atoms with Crippen molar-refractivity contribution in [2.24, 2.45) is 0 Å². The number of benzene rings is 3. The number of amides is 1. The first-order valence-corrected chi connectivity index (χ1v) is 23.3. The van der Waals surface area contributed by atoms with Crippen LogP contribution in [0, 0.1) is 6.57 Å². The topological polar surface area (TPSA) is 87.9 Å². The minimum absolute atomic E-state index is 0.0307. The Bertz CT molecular complexity index is 2190. The quantitative estimate of drug-likeness (QED) is 0.119. The number of carbonyl (C=O) groups is 1. The number of alkyl halides is 3. The van der Waals surface area contributed by atoms with Gasteiger partial charge in [0, 0.05) is 50.0 Å². The number of ether oxygens (including phenoxy) is 2. The highest BCUT2D eigenvalue weighted by atomic mass is 28.4. The molecule has 62 heavy (non-hydrogen) atoms. The van der Waals surface area contributed by atoms with Crippen LogP contribution in [-0.2, 0) is 28.3 Å². The fraction of sp³-hybridized carbons (Fsp3) is 0.489. The molecule has 4 aromatic rings. The molecule has 0 spiro atoms. The van der Waals surface area contributed by atoms with Crippen LogP contribution in [0.4, 0.5) is 29.5 Å². The molecule has 15 heteroatoms. The molecule has 7 rings (SSSR count). The molecule has 0 bridgehead atoms. The Labute approximate surface area is 364 Å². The SMILES string of the molecule is [C-]#[N+]CC1CN(c2nc(OC[C@@H]3C[C@@H](O[Si](c4ccccc4)(c4ccccc4)C(C)(C)C)CN3C)nc3c2CCN(c2ccccc2C(F)(F)F)C3)CCN1C(=O)OC(C)(C)C. The average molecular weight is 870 g/mol. The third kappa shape index (κ3) is 9.57. The number of halogens is 3. The third-order valence-electron chi connectivity index (χ3n) is 12.1. The van der Waals surface area contributed by atoms with E-state index in [0.29, 0.717) is 57.1 Å². The lowest BCUT2D eigenvalue weighted by molar-refractivity contribution is -0.137. The number of para-hydroxylation sites is 1. The van der Waals surface area contributed by atoms with Crippen LogP contribution in [0.3, 0.4) is 0 Å². The van der Waals surface area contributed by atoms with Gasteiger partial charge in [-0.15, -0.1) is 0 Å². The van der Waals surface area contributed by atoms with E-state index in [2.05, 4.69) is 91.0 Å². The van der Waals surface area contributed by atoms with E-state index in [1.165, 1.54) is 22.5 Å². The number of rotatable bonds is 10. The molecule has 1 unspecified atom stereocenters. The van der Waals surface area contributed by atoms with Crippen molar-refractivity contribution in [1.82, 2.24) is 19.8 Å². The molecule has 3 aromatic carbocycles. The van der Waals surface area contributed by atoms with Gasteiger partial charge in [-0.3, -0.25) is 9.80 Å². The van der Waals surface area contributed by atoms with Gasteiger partial charge in [-0.25, -0.2) is 11.4 Å². The Morgan fingerprint density at radius 3 is 2.10 bits per heavy atom.